The number of hydrogen-bond acceptors (Lipinski definition) is 1. The van der Waals surface area contributed by atoms with Crippen LogP contribution in [-0.2, 0) is 19.4 Å². The molecule has 0 aliphatic carbocycles. The molecule has 1 aliphatic heterocycles. The van der Waals surface area contributed by atoms with Crippen LogP contribution < -0.4 is 5.56 Å². The minimum absolute atomic E-state index is 0.106. The van der Waals surface area contributed by atoms with Crippen molar-refractivity contribution in [3.8, 4) is 0 Å². The van der Waals surface area contributed by atoms with E-state index in [1.54, 1.807) is 6.07 Å². The molecule has 1 aromatic heterocycles. The van der Waals surface area contributed by atoms with Gasteiger partial charge in [0.25, 0.3) is 5.56 Å². The maximum Gasteiger partial charge on any atom is 0.251 e. The Hall–Kier alpha value is -1.83. The van der Waals surface area contributed by atoms with Gasteiger partial charge in [0.1, 0.15) is 0 Å². The van der Waals surface area contributed by atoms with Crippen molar-refractivity contribution in [1.29, 1.82) is 0 Å². The van der Waals surface area contributed by atoms with Crippen LogP contribution in [0, 0.1) is 0 Å². The Morgan fingerprint density at radius 2 is 1.69 bits per heavy atom. The summed E-state index contributed by atoms with van der Waals surface area (Å²) in [4.78, 5) is 11.8. The number of nitrogens with zero attached hydrogens (tertiary/aromatic N) is 1. The van der Waals surface area contributed by atoms with Gasteiger partial charge in [-0.05, 0) is 30.0 Å². The molecule has 2 aromatic rings. The average molecular weight is 211 g/mol. The molecule has 0 bridgehead atoms. The van der Waals surface area contributed by atoms with E-state index in [0.29, 0.717) is 6.54 Å². The van der Waals surface area contributed by atoms with Crippen molar-refractivity contribution in [2.45, 2.75) is 19.4 Å². The average Bonchev–Trinajstić information content (AvgIpc) is 2.50. The zero-order chi connectivity index (χ0) is 11.0. The molecule has 2 nitrogen and oxygen atoms in total. The van der Waals surface area contributed by atoms with Crippen molar-refractivity contribution in [3.05, 3.63) is 69.6 Å². The molecule has 0 atom stereocenters. The molecule has 2 heteroatoms. The lowest BCUT2D eigenvalue weighted by molar-refractivity contribution is 0.718. The number of aryl methyl sites for hydroxylation is 2. The fourth-order valence-corrected chi connectivity index (χ4v) is 2.35. The van der Waals surface area contributed by atoms with Crippen LogP contribution in [-0.4, -0.2) is 4.57 Å². The van der Waals surface area contributed by atoms with Crippen LogP contribution in [0.4, 0.5) is 0 Å². The van der Waals surface area contributed by atoms with E-state index in [1.165, 1.54) is 11.1 Å². The summed E-state index contributed by atoms with van der Waals surface area (Å²) in [5.74, 6) is 0. The number of hydrogen-bond donors (Lipinski definition) is 0. The van der Waals surface area contributed by atoms with Gasteiger partial charge in [0.2, 0.25) is 0 Å². The normalized spacial score (nSPS) is 13.8. The molecule has 0 unspecified atom stereocenters. The van der Waals surface area contributed by atoms with Crippen molar-refractivity contribution < 1.29 is 0 Å². The van der Waals surface area contributed by atoms with Gasteiger partial charge in [0.05, 0.1) is 6.54 Å². The van der Waals surface area contributed by atoms with Crippen LogP contribution in [0.2, 0.25) is 0 Å². The highest BCUT2D eigenvalue weighted by Crippen LogP contribution is 2.17. The molecular weight excluding hydrogens is 198 g/mol. The summed E-state index contributed by atoms with van der Waals surface area (Å²) in [5.41, 5.74) is 3.89. The first-order chi connectivity index (χ1) is 7.84. The van der Waals surface area contributed by atoms with E-state index >= 15 is 0 Å². The topological polar surface area (TPSA) is 22.0 Å². The lowest BCUT2D eigenvalue weighted by atomic mass is 10.0. The maximum atomic E-state index is 11.8. The number of benzene rings is 1. The molecule has 3 rings (SSSR count). The van der Waals surface area contributed by atoms with Crippen LogP contribution >= 0.6 is 0 Å². The second-order valence-corrected chi connectivity index (χ2v) is 4.21. The highest BCUT2D eigenvalue weighted by Gasteiger charge is 2.12. The van der Waals surface area contributed by atoms with Crippen molar-refractivity contribution in [2.75, 3.05) is 0 Å². The van der Waals surface area contributed by atoms with E-state index in [-0.39, 0.29) is 5.56 Å². The molecule has 0 saturated heterocycles. The van der Waals surface area contributed by atoms with Crippen molar-refractivity contribution in [3.63, 3.8) is 0 Å². The highest BCUT2D eigenvalue weighted by molar-refractivity contribution is 5.30. The SMILES string of the molecule is O=c1cccc2n1Cc1ccccc1CC2. The number of pyridine rings is 1. The maximum absolute atomic E-state index is 11.8. The Bertz CT molecular complexity index is 583. The van der Waals surface area contributed by atoms with Crippen molar-refractivity contribution in [2.24, 2.45) is 0 Å². The molecular formula is C14H13NO. The van der Waals surface area contributed by atoms with E-state index in [4.69, 9.17) is 0 Å². The summed E-state index contributed by atoms with van der Waals surface area (Å²) in [5, 5.41) is 0. The molecule has 16 heavy (non-hydrogen) atoms. The fourth-order valence-electron chi connectivity index (χ4n) is 2.35. The summed E-state index contributed by atoms with van der Waals surface area (Å²) in [7, 11) is 0. The molecule has 0 radical (unpaired) electrons. The smallest absolute Gasteiger partial charge is 0.251 e. The summed E-state index contributed by atoms with van der Waals surface area (Å²) in [6.45, 7) is 0.713. The van der Waals surface area contributed by atoms with E-state index in [2.05, 4.69) is 18.2 Å². The molecule has 1 aliphatic rings. The predicted octanol–water partition coefficient (Wildman–Crippen LogP) is 2.00. The lowest BCUT2D eigenvalue weighted by Gasteiger charge is -2.08. The Labute approximate surface area is 94.2 Å². The third kappa shape index (κ3) is 1.47. The minimum atomic E-state index is 0.106. The lowest BCUT2D eigenvalue weighted by Crippen LogP contribution is -2.21. The van der Waals surface area contributed by atoms with Crippen molar-refractivity contribution in [1.82, 2.24) is 4.57 Å². The highest BCUT2D eigenvalue weighted by atomic mass is 16.1. The molecule has 2 heterocycles. The van der Waals surface area contributed by atoms with Crippen LogP contribution in [0.25, 0.3) is 0 Å². The molecule has 0 N–H and O–H groups in total. The largest absolute Gasteiger partial charge is 0.308 e. The van der Waals surface area contributed by atoms with Gasteiger partial charge >= 0.3 is 0 Å². The van der Waals surface area contributed by atoms with Crippen LogP contribution in [0.5, 0.6) is 0 Å². The van der Waals surface area contributed by atoms with Gasteiger partial charge in [-0.3, -0.25) is 4.79 Å². The predicted molar refractivity (Wildman–Crippen MR) is 63.7 cm³/mol. The van der Waals surface area contributed by atoms with Gasteiger partial charge in [-0.15, -0.1) is 0 Å². The fraction of sp³-hybridized carbons (Fsp3) is 0.214. The molecule has 1 aromatic carbocycles. The number of aromatic nitrogens is 1. The standard InChI is InChI=1S/C14H13NO/c16-14-7-3-6-13-9-8-11-4-1-2-5-12(11)10-15(13)14/h1-7H,8-10H2. The van der Waals surface area contributed by atoms with Gasteiger partial charge in [-0.25, -0.2) is 0 Å². The Morgan fingerprint density at radius 3 is 2.56 bits per heavy atom. The minimum Gasteiger partial charge on any atom is -0.308 e. The summed E-state index contributed by atoms with van der Waals surface area (Å²) in [6, 6.07) is 13.9. The van der Waals surface area contributed by atoms with Gasteiger partial charge in [-0.2, -0.15) is 0 Å². The third-order valence-corrected chi connectivity index (χ3v) is 3.24. The Morgan fingerprint density at radius 1 is 0.875 bits per heavy atom. The van der Waals surface area contributed by atoms with E-state index < -0.39 is 0 Å². The van der Waals surface area contributed by atoms with E-state index in [1.807, 2.05) is 22.8 Å². The van der Waals surface area contributed by atoms with E-state index in [0.717, 1.165) is 18.5 Å². The molecule has 0 saturated carbocycles. The first-order valence-electron chi connectivity index (χ1n) is 5.60. The second-order valence-electron chi connectivity index (χ2n) is 4.21. The number of rotatable bonds is 0. The molecule has 80 valence electrons. The zero-order valence-electron chi connectivity index (χ0n) is 9.02. The zero-order valence-corrected chi connectivity index (χ0v) is 9.02. The summed E-state index contributed by atoms with van der Waals surface area (Å²) in [6.07, 6.45) is 1.98. The Balaban J connectivity index is 2.17. The van der Waals surface area contributed by atoms with Gasteiger partial charge < -0.3 is 4.57 Å². The van der Waals surface area contributed by atoms with Gasteiger partial charge in [0.15, 0.2) is 0 Å². The third-order valence-electron chi connectivity index (χ3n) is 3.24. The Kier molecular flexibility index (Phi) is 2.13. The van der Waals surface area contributed by atoms with Crippen LogP contribution in [0.3, 0.4) is 0 Å². The summed E-state index contributed by atoms with van der Waals surface area (Å²) >= 11 is 0. The quantitative estimate of drug-likeness (QED) is 0.653. The molecule has 0 amide bonds. The second kappa shape index (κ2) is 3.63. The first kappa shape index (κ1) is 9.40. The monoisotopic (exact) mass is 211 g/mol. The molecule has 0 fully saturated rings. The van der Waals surface area contributed by atoms with E-state index in [9.17, 15) is 4.79 Å². The summed E-state index contributed by atoms with van der Waals surface area (Å²) < 4.78 is 1.88. The molecule has 0 spiro atoms. The van der Waals surface area contributed by atoms with Crippen molar-refractivity contribution >= 4 is 0 Å². The van der Waals surface area contributed by atoms with Gasteiger partial charge in [-0.1, -0.05) is 30.3 Å². The van der Waals surface area contributed by atoms with Gasteiger partial charge in [0, 0.05) is 11.8 Å². The number of fused-ring (bicyclic) bond motifs is 2. The van der Waals surface area contributed by atoms with Crippen LogP contribution in [0.15, 0.2) is 47.3 Å². The van der Waals surface area contributed by atoms with Crippen LogP contribution in [0.1, 0.15) is 16.8 Å². The first-order valence-corrected chi connectivity index (χ1v) is 5.60.